The van der Waals surface area contributed by atoms with Gasteiger partial charge in [0.15, 0.2) is 0 Å². The van der Waals surface area contributed by atoms with Crippen LogP contribution in [0, 0.1) is 6.92 Å². The first-order chi connectivity index (χ1) is 10.6. The Labute approximate surface area is 131 Å². The molecule has 0 saturated carbocycles. The molecular weight excluding hydrogens is 302 g/mol. The van der Waals surface area contributed by atoms with Gasteiger partial charge in [0.1, 0.15) is 24.2 Å². The average Bonchev–Trinajstić information content (AvgIpc) is 3.06. The van der Waals surface area contributed by atoms with E-state index in [1.807, 2.05) is 19.1 Å². The first-order valence-electron chi connectivity index (χ1n) is 6.53. The number of rotatable bonds is 3. The monoisotopic (exact) mass is 313 g/mol. The van der Waals surface area contributed by atoms with Crippen LogP contribution in [0.3, 0.4) is 0 Å². The fourth-order valence-corrected chi connectivity index (χ4v) is 2.12. The molecule has 0 radical (unpaired) electrons. The van der Waals surface area contributed by atoms with Gasteiger partial charge in [0.25, 0.3) is 5.91 Å². The van der Waals surface area contributed by atoms with E-state index in [9.17, 15) is 4.79 Å². The third-order valence-corrected chi connectivity index (χ3v) is 3.59. The van der Waals surface area contributed by atoms with Crippen molar-refractivity contribution in [2.24, 2.45) is 0 Å². The van der Waals surface area contributed by atoms with Crippen LogP contribution in [0.2, 0.25) is 5.02 Å². The Hall–Kier alpha value is -2.73. The summed E-state index contributed by atoms with van der Waals surface area (Å²) in [4.78, 5) is 16.6. The van der Waals surface area contributed by atoms with E-state index < -0.39 is 0 Å². The normalized spacial score (nSPS) is 10.5. The van der Waals surface area contributed by atoms with Gasteiger partial charge in [-0.15, -0.1) is 10.2 Å². The molecule has 0 fully saturated rings. The molecular formula is C15H12ClN5O. The van der Waals surface area contributed by atoms with Crippen molar-refractivity contribution in [1.82, 2.24) is 19.7 Å². The summed E-state index contributed by atoms with van der Waals surface area (Å²) >= 11 is 6.18. The zero-order valence-electron chi connectivity index (χ0n) is 11.7. The standard InChI is InChI=1S/C15H12ClN5O/c1-10-4-2-5-11(14(10)16)20-15(22)12-6-3-7-13(19-12)21-8-17-18-9-21/h2-9H,1H3,(H,20,22). The fourth-order valence-electron chi connectivity index (χ4n) is 1.94. The number of amides is 1. The molecule has 0 saturated heterocycles. The summed E-state index contributed by atoms with van der Waals surface area (Å²) in [6.45, 7) is 1.88. The molecule has 0 aliphatic heterocycles. The predicted octanol–water partition coefficient (Wildman–Crippen LogP) is 2.88. The number of hydrogen-bond donors (Lipinski definition) is 1. The van der Waals surface area contributed by atoms with Gasteiger partial charge in [-0.05, 0) is 30.7 Å². The largest absolute Gasteiger partial charge is 0.319 e. The van der Waals surface area contributed by atoms with Crippen LogP contribution in [-0.4, -0.2) is 25.7 Å². The molecule has 2 heterocycles. The lowest BCUT2D eigenvalue weighted by Gasteiger charge is -2.09. The van der Waals surface area contributed by atoms with Crippen molar-refractivity contribution in [3.63, 3.8) is 0 Å². The number of hydrogen-bond acceptors (Lipinski definition) is 4. The summed E-state index contributed by atoms with van der Waals surface area (Å²) in [6.07, 6.45) is 3.03. The van der Waals surface area contributed by atoms with Crippen molar-refractivity contribution in [3.05, 3.63) is 65.3 Å². The smallest absolute Gasteiger partial charge is 0.274 e. The second-order valence-corrected chi connectivity index (χ2v) is 5.02. The van der Waals surface area contributed by atoms with Gasteiger partial charge in [-0.25, -0.2) is 4.98 Å². The van der Waals surface area contributed by atoms with E-state index in [-0.39, 0.29) is 11.6 Å². The third kappa shape index (κ3) is 2.82. The average molecular weight is 314 g/mol. The van der Waals surface area contributed by atoms with Gasteiger partial charge < -0.3 is 5.32 Å². The highest BCUT2D eigenvalue weighted by Gasteiger charge is 2.11. The second kappa shape index (κ2) is 5.95. The summed E-state index contributed by atoms with van der Waals surface area (Å²) < 4.78 is 1.62. The number of aryl methyl sites for hydroxylation is 1. The highest BCUT2D eigenvalue weighted by molar-refractivity contribution is 6.34. The van der Waals surface area contributed by atoms with Gasteiger partial charge in [0.2, 0.25) is 0 Å². The Bertz CT molecular complexity index is 817. The molecule has 1 aromatic carbocycles. The number of anilines is 1. The quantitative estimate of drug-likeness (QED) is 0.807. The Morgan fingerprint density at radius 3 is 2.64 bits per heavy atom. The van der Waals surface area contributed by atoms with Crippen LogP contribution < -0.4 is 5.32 Å². The molecule has 110 valence electrons. The van der Waals surface area contributed by atoms with E-state index in [1.54, 1.807) is 28.8 Å². The van der Waals surface area contributed by atoms with E-state index in [4.69, 9.17) is 11.6 Å². The van der Waals surface area contributed by atoms with Gasteiger partial charge in [0, 0.05) is 0 Å². The molecule has 22 heavy (non-hydrogen) atoms. The van der Waals surface area contributed by atoms with Crippen LogP contribution in [0.25, 0.3) is 5.82 Å². The SMILES string of the molecule is Cc1cccc(NC(=O)c2cccc(-n3cnnc3)n2)c1Cl. The molecule has 0 spiro atoms. The van der Waals surface area contributed by atoms with Crippen LogP contribution in [0.15, 0.2) is 49.1 Å². The molecule has 0 aliphatic carbocycles. The van der Waals surface area contributed by atoms with Crippen LogP contribution in [0.5, 0.6) is 0 Å². The summed E-state index contributed by atoms with van der Waals surface area (Å²) in [5.74, 6) is 0.232. The summed E-state index contributed by atoms with van der Waals surface area (Å²) in [5, 5.41) is 10.7. The first kappa shape index (κ1) is 14.2. The Morgan fingerprint density at radius 1 is 1.14 bits per heavy atom. The molecule has 1 N–H and O–H groups in total. The molecule has 0 aliphatic rings. The van der Waals surface area contributed by atoms with Crippen molar-refractivity contribution < 1.29 is 4.79 Å². The molecule has 0 atom stereocenters. The van der Waals surface area contributed by atoms with Crippen molar-refractivity contribution >= 4 is 23.2 Å². The number of nitrogens with one attached hydrogen (secondary N) is 1. The molecule has 3 aromatic rings. The lowest BCUT2D eigenvalue weighted by Crippen LogP contribution is -2.15. The molecule has 7 heteroatoms. The number of pyridine rings is 1. The zero-order chi connectivity index (χ0) is 15.5. The van der Waals surface area contributed by atoms with Crippen LogP contribution in [0.4, 0.5) is 5.69 Å². The second-order valence-electron chi connectivity index (χ2n) is 4.64. The minimum Gasteiger partial charge on any atom is -0.319 e. The molecule has 0 bridgehead atoms. The summed E-state index contributed by atoms with van der Waals surface area (Å²) in [7, 11) is 0. The maximum Gasteiger partial charge on any atom is 0.274 e. The topological polar surface area (TPSA) is 72.7 Å². The van der Waals surface area contributed by atoms with E-state index >= 15 is 0 Å². The van der Waals surface area contributed by atoms with Crippen LogP contribution in [-0.2, 0) is 0 Å². The van der Waals surface area contributed by atoms with E-state index in [1.165, 1.54) is 12.7 Å². The number of halogens is 1. The molecule has 1 amide bonds. The Balaban J connectivity index is 1.87. The van der Waals surface area contributed by atoms with Gasteiger partial charge in [-0.3, -0.25) is 9.36 Å². The van der Waals surface area contributed by atoms with Gasteiger partial charge >= 0.3 is 0 Å². The first-order valence-corrected chi connectivity index (χ1v) is 6.91. The number of benzene rings is 1. The fraction of sp³-hybridized carbons (Fsp3) is 0.0667. The van der Waals surface area contributed by atoms with Crippen molar-refractivity contribution in [2.75, 3.05) is 5.32 Å². The van der Waals surface area contributed by atoms with Crippen molar-refractivity contribution in [2.45, 2.75) is 6.92 Å². The number of carbonyl (C=O) groups is 1. The van der Waals surface area contributed by atoms with E-state index in [0.29, 0.717) is 16.5 Å². The minimum absolute atomic E-state index is 0.281. The Kier molecular flexibility index (Phi) is 3.84. The van der Waals surface area contributed by atoms with Crippen LogP contribution in [0.1, 0.15) is 16.1 Å². The summed E-state index contributed by atoms with van der Waals surface area (Å²) in [5.41, 5.74) is 1.73. The predicted molar refractivity (Wildman–Crippen MR) is 83.3 cm³/mol. The Morgan fingerprint density at radius 2 is 1.86 bits per heavy atom. The lowest BCUT2D eigenvalue weighted by atomic mass is 10.2. The minimum atomic E-state index is -0.331. The number of nitrogens with zero attached hydrogens (tertiary/aromatic N) is 4. The van der Waals surface area contributed by atoms with Gasteiger partial charge in [0.05, 0.1) is 10.7 Å². The zero-order valence-corrected chi connectivity index (χ0v) is 12.4. The van der Waals surface area contributed by atoms with Crippen molar-refractivity contribution in [1.29, 1.82) is 0 Å². The number of aromatic nitrogens is 4. The summed E-state index contributed by atoms with van der Waals surface area (Å²) in [6, 6.07) is 10.6. The molecule has 2 aromatic heterocycles. The number of carbonyl (C=O) groups excluding carboxylic acids is 1. The van der Waals surface area contributed by atoms with Gasteiger partial charge in [-0.1, -0.05) is 29.8 Å². The lowest BCUT2D eigenvalue weighted by molar-refractivity contribution is 0.102. The highest BCUT2D eigenvalue weighted by atomic mass is 35.5. The molecule has 3 rings (SSSR count). The molecule has 6 nitrogen and oxygen atoms in total. The van der Waals surface area contributed by atoms with Crippen LogP contribution >= 0.6 is 11.6 Å². The maximum absolute atomic E-state index is 12.3. The van der Waals surface area contributed by atoms with E-state index in [2.05, 4.69) is 20.5 Å². The van der Waals surface area contributed by atoms with Crippen molar-refractivity contribution in [3.8, 4) is 5.82 Å². The maximum atomic E-state index is 12.3. The highest BCUT2D eigenvalue weighted by Crippen LogP contribution is 2.25. The molecule has 0 unspecified atom stereocenters. The third-order valence-electron chi connectivity index (χ3n) is 3.09. The van der Waals surface area contributed by atoms with E-state index in [0.717, 1.165) is 5.56 Å². The van der Waals surface area contributed by atoms with Gasteiger partial charge in [-0.2, -0.15) is 0 Å².